The van der Waals surface area contributed by atoms with Crippen molar-refractivity contribution in [3.8, 4) is 0 Å². The van der Waals surface area contributed by atoms with Crippen LogP contribution in [0.5, 0.6) is 0 Å². The predicted molar refractivity (Wildman–Crippen MR) is 116 cm³/mol. The minimum absolute atomic E-state index is 0.0570. The molecule has 9 heteroatoms. The van der Waals surface area contributed by atoms with Crippen molar-refractivity contribution in [3.05, 3.63) is 59.0 Å². The highest BCUT2D eigenvalue weighted by atomic mass is 32.2. The molecule has 1 aliphatic carbocycles. The number of ether oxygens (including phenoxy) is 1. The second-order valence-electron chi connectivity index (χ2n) is 7.02. The number of carbonyl (C=O) groups excluding carboxylic acids is 2. The number of benzene rings is 2. The highest BCUT2D eigenvalue weighted by Crippen LogP contribution is 2.36. The monoisotopic (exact) mass is 444 g/mol. The van der Waals surface area contributed by atoms with E-state index >= 15 is 0 Å². The third kappa shape index (κ3) is 3.71. The number of nitrogens with one attached hydrogen (secondary N) is 1. The van der Waals surface area contributed by atoms with E-state index in [1.165, 1.54) is 47.0 Å². The Morgan fingerprint density at radius 3 is 2.40 bits per heavy atom. The van der Waals surface area contributed by atoms with Crippen LogP contribution in [0.4, 0.5) is 5.69 Å². The molecule has 1 aliphatic rings. The molecule has 0 saturated heterocycles. The van der Waals surface area contributed by atoms with Crippen molar-refractivity contribution in [2.45, 2.75) is 23.8 Å². The average molecular weight is 445 g/mol. The molecule has 4 rings (SSSR count). The predicted octanol–water partition coefficient (Wildman–Crippen LogP) is 3.72. The first kappa shape index (κ1) is 20.5. The molecule has 1 heterocycles. The quantitative estimate of drug-likeness (QED) is 0.585. The van der Waals surface area contributed by atoms with Gasteiger partial charge in [0.2, 0.25) is 10.0 Å². The van der Waals surface area contributed by atoms with Gasteiger partial charge in [0.15, 0.2) is 0 Å². The van der Waals surface area contributed by atoms with E-state index in [0.29, 0.717) is 10.6 Å². The van der Waals surface area contributed by atoms with E-state index in [2.05, 4.69) is 5.32 Å². The first-order chi connectivity index (χ1) is 14.3. The first-order valence-electron chi connectivity index (χ1n) is 9.32. The zero-order chi connectivity index (χ0) is 21.5. The number of nitrogens with zero attached hydrogens (tertiary/aromatic N) is 1. The number of esters is 1. The molecule has 1 amide bonds. The van der Waals surface area contributed by atoms with Gasteiger partial charge >= 0.3 is 5.97 Å². The van der Waals surface area contributed by atoms with Gasteiger partial charge in [-0.3, -0.25) is 4.79 Å². The molecule has 1 fully saturated rings. The molecule has 0 bridgehead atoms. The second-order valence-corrected chi connectivity index (χ2v) is 10.1. The molecule has 3 aromatic rings. The van der Waals surface area contributed by atoms with Crippen molar-refractivity contribution in [3.63, 3.8) is 0 Å². The van der Waals surface area contributed by atoms with E-state index in [0.717, 1.165) is 22.9 Å². The number of sulfonamides is 1. The van der Waals surface area contributed by atoms with Gasteiger partial charge in [0.25, 0.3) is 5.91 Å². The van der Waals surface area contributed by atoms with Gasteiger partial charge in [0.1, 0.15) is 4.88 Å². The summed E-state index contributed by atoms with van der Waals surface area (Å²) in [6.45, 7) is 0. The fraction of sp³-hybridized carbons (Fsp3) is 0.238. The lowest BCUT2D eigenvalue weighted by Gasteiger charge is -2.16. The van der Waals surface area contributed by atoms with Gasteiger partial charge < -0.3 is 10.1 Å². The lowest BCUT2D eigenvalue weighted by Crippen LogP contribution is -2.29. The third-order valence-corrected chi connectivity index (χ3v) is 8.13. The van der Waals surface area contributed by atoms with Crippen molar-refractivity contribution >= 4 is 49.0 Å². The Bertz CT molecular complexity index is 1230. The number of anilines is 1. The number of methoxy groups -OCH3 is 1. The minimum atomic E-state index is -3.58. The Hall–Kier alpha value is -2.75. The summed E-state index contributed by atoms with van der Waals surface area (Å²) in [4.78, 5) is 25.4. The summed E-state index contributed by atoms with van der Waals surface area (Å²) in [7, 11) is -0.715. The zero-order valence-corrected chi connectivity index (χ0v) is 18.0. The van der Waals surface area contributed by atoms with Crippen LogP contribution in [-0.4, -0.2) is 44.8 Å². The number of rotatable bonds is 6. The Morgan fingerprint density at radius 1 is 1.10 bits per heavy atom. The van der Waals surface area contributed by atoms with Crippen LogP contribution in [0.3, 0.4) is 0 Å². The molecule has 0 radical (unpaired) electrons. The number of hydrogen-bond acceptors (Lipinski definition) is 6. The smallest absolute Gasteiger partial charge is 0.350 e. The summed E-state index contributed by atoms with van der Waals surface area (Å²) in [5, 5.41) is 3.52. The Labute approximate surface area is 178 Å². The summed E-state index contributed by atoms with van der Waals surface area (Å²) in [6, 6.07) is 13.2. The molecule has 2 aromatic carbocycles. The summed E-state index contributed by atoms with van der Waals surface area (Å²) in [5.41, 5.74) is 0.673. The number of fused-ring (bicyclic) bond motifs is 1. The fourth-order valence-electron chi connectivity index (χ4n) is 3.17. The highest BCUT2D eigenvalue weighted by Gasteiger charge is 2.35. The molecule has 1 N–H and O–H groups in total. The molecule has 7 nitrogen and oxygen atoms in total. The van der Waals surface area contributed by atoms with E-state index in [-0.39, 0.29) is 16.5 Å². The van der Waals surface area contributed by atoms with Crippen molar-refractivity contribution in [1.29, 1.82) is 0 Å². The van der Waals surface area contributed by atoms with E-state index in [1.807, 2.05) is 24.3 Å². The van der Waals surface area contributed by atoms with E-state index < -0.39 is 21.9 Å². The molecule has 1 aromatic heterocycles. The number of amides is 1. The van der Waals surface area contributed by atoms with Gasteiger partial charge in [-0.1, -0.05) is 18.2 Å². The summed E-state index contributed by atoms with van der Waals surface area (Å²) in [5.74, 6) is -0.973. The highest BCUT2D eigenvalue weighted by molar-refractivity contribution is 7.89. The average Bonchev–Trinajstić information content (AvgIpc) is 3.55. The number of hydrogen-bond donors (Lipinski definition) is 1. The number of carbonyl (C=O) groups is 2. The van der Waals surface area contributed by atoms with Gasteiger partial charge in [-0.05, 0) is 43.2 Å². The van der Waals surface area contributed by atoms with Crippen LogP contribution in [0.25, 0.3) is 10.1 Å². The lowest BCUT2D eigenvalue weighted by molar-refractivity contribution is 0.0607. The van der Waals surface area contributed by atoms with Crippen molar-refractivity contribution in [2.75, 3.05) is 19.5 Å². The maximum Gasteiger partial charge on any atom is 0.350 e. The molecule has 0 aliphatic heterocycles. The molecule has 0 unspecified atom stereocenters. The van der Waals surface area contributed by atoms with Crippen molar-refractivity contribution in [1.82, 2.24) is 4.31 Å². The van der Waals surface area contributed by atoms with E-state index in [9.17, 15) is 18.0 Å². The maximum atomic E-state index is 12.8. The number of thiophene rings is 1. The van der Waals surface area contributed by atoms with Gasteiger partial charge in [0, 0.05) is 28.7 Å². The van der Waals surface area contributed by atoms with Crippen LogP contribution in [-0.2, 0) is 14.8 Å². The maximum absolute atomic E-state index is 12.8. The van der Waals surface area contributed by atoms with Gasteiger partial charge in [-0.15, -0.1) is 11.3 Å². The van der Waals surface area contributed by atoms with E-state index in [4.69, 9.17) is 4.74 Å². The van der Waals surface area contributed by atoms with Crippen molar-refractivity contribution in [2.24, 2.45) is 0 Å². The van der Waals surface area contributed by atoms with Crippen LogP contribution >= 0.6 is 11.3 Å². The topological polar surface area (TPSA) is 92.8 Å². The minimum Gasteiger partial charge on any atom is -0.465 e. The largest absolute Gasteiger partial charge is 0.465 e. The third-order valence-electron chi connectivity index (χ3n) is 5.06. The Balaban J connectivity index is 1.61. The fourth-order valence-corrected chi connectivity index (χ4v) is 5.66. The van der Waals surface area contributed by atoms with Gasteiger partial charge in [0.05, 0.1) is 17.7 Å². The molecule has 30 heavy (non-hydrogen) atoms. The lowest BCUT2D eigenvalue weighted by atomic mass is 10.2. The Morgan fingerprint density at radius 2 is 1.77 bits per heavy atom. The molecular weight excluding hydrogens is 424 g/mol. The summed E-state index contributed by atoms with van der Waals surface area (Å²) < 4.78 is 32.3. The van der Waals surface area contributed by atoms with Gasteiger partial charge in [-0.2, -0.15) is 4.31 Å². The normalized spacial score (nSPS) is 14.1. The first-order valence-corrected chi connectivity index (χ1v) is 11.6. The molecular formula is C21H20N2O5S2. The summed E-state index contributed by atoms with van der Waals surface area (Å²) in [6.07, 6.45) is 1.74. The molecule has 0 atom stereocenters. The van der Waals surface area contributed by atoms with Crippen LogP contribution in [0.1, 0.15) is 32.9 Å². The van der Waals surface area contributed by atoms with Crippen LogP contribution < -0.4 is 5.32 Å². The van der Waals surface area contributed by atoms with Crippen LogP contribution in [0.15, 0.2) is 53.4 Å². The van der Waals surface area contributed by atoms with E-state index in [1.54, 1.807) is 7.05 Å². The standard InChI is InChI=1S/C21H20N2O5S2/c1-23(14-9-10-14)30(26,27)15-11-7-13(8-12-15)20(24)22-18-16-5-3-4-6-17(16)29-19(18)21(25)28-2/h3-8,11-12,14H,9-10H2,1-2H3,(H,22,24). The SMILES string of the molecule is COC(=O)c1sc2ccccc2c1NC(=O)c1ccc(S(=O)(=O)N(C)C2CC2)cc1. The second kappa shape index (κ2) is 7.82. The molecule has 0 spiro atoms. The Kier molecular flexibility index (Phi) is 5.35. The summed E-state index contributed by atoms with van der Waals surface area (Å²) >= 11 is 1.24. The van der Waals surface area contributed by atoms with Gasteiger partial charge in [-0.25, -0.2) is 13.2 Å². The van der Waals surface area contributed by atoms with Crippen molar-refractivity contribution < 1.29 is 22.7 Å². The molecule has 1 saturated carbocycles. The van der Waals surface area contributed by atoms with Crippen LogP contribution in [0, 0.1) is 0 Å². The van der Waals surface area contributed by atoms with Crippen LogP contribution in [0.2, 0.25) is 0 Å². The molecule has 156 valence electrons. The zero-order valence-electron chi connectivity index (χ0n) is 16.4.